The molecule has 0 saturated carbocycles. The maximum atomic E-state index is 14.4. The Kier molecular flexibility index (Phi) is 4.97. The number of fused-ring (bicyclic) bond motifs is 2. The molecule has 0 radical (unpaired) electrons. The summed E-state index contributed by atoms with van der Waals surface area (Å²) in [4.78, 5) is 28.5. The fourth-order valence-corrected chi connectivity index (χ4v) is 5.80. The van der Waals surface area contributed by atoms with Gasteiger partial charge < -0.3 is 9.80 Å². The first kappa shape index (κ1) is 20.6. The Balaban J connectivity index is 1.60. The van der Waals surface area contributed by atoms with Gasteiger partial charge in [-0.1, -0.05) is 30.3 Å². The highest BCUT2D eigenvalue weighted by atomic mass is 32.2. The molecule has 32 heavy (non-hydrogen) atoms. The van der Waals surface area contributed by atoms with Crippen LogP contribution in [0.1, 0.15) is 21.5 Å². The highest BCUT2D eigenvalue weighted by Gasteiger charge is 2.59. The van der Waals surface area contributed by atoms with Crippen LogP contribution >= 0.6 is 11.8 Å². The molecule has 1 fully saturated rings. The first-order valence-corrected chi connectivity index (χ1v) is 11.0. The Bertz CT molecular complexity index is 1230. The normalized spacial score (nSPS) is 19.7. The number of thioether (sulfide) groups is 1. The summed E-state index contributed by atoms with van der Waals surface area (Å²) >= 11 is 1.29. The van der Waals surface area contributed by atoms with Gasteiger partial charge in [-0.15, -0.1) is 11.8 Å². The Morgan fingerprint density at radius 2 is 1.69 bits per heavy atom. The molecule has 2 heterocycles. The zero-order valence-electron chi connectivity index (χ0n) is 16.7. The zero-order valence-corrected chi connectivity index (χ0v) is 17.5. The lowest BCUT2D eigenvalue weighted by Gasteiger charge is -2.33. The minimum atomic E-state index is -1.37. The van der Waals surface area contributed by atoms with Gasteiger partial charge in [-0.05, 0) is 36.4 Å². The maximum Gasteiger partial charge on any atom is 0.268 e. The first-order valence-electron chi connectivity index (χ1n) is 9.99. The van der Waals surface area contributed by atoms with Crippen molar-refractivity contribution in [3.8, 4) is 0 Å². The van der Waals surface area contributed by atoms with Crippen LogP contribution in [-0.4, -0.2) is 29.0 Å². The minimum absolute atomic E-state index is 0.135. The second-order valence-corrected chi connectivity index (χ2v) is 8.86. The fraction of sp³-hybridized carbons (Fsp3) is 0.167. The number of nitrogens with zero attached hydrogens (tertiary/aromatic N) is 2. The monoisotopic (exact) mass is 454 g/mol. The molecule has 3 aromatic rings. The van der Waals surface area contributed by atoms with Crippen molar-refractivity contribution in [1.82, 2.24) is 4.90 Å². The van der Waals surface area contributed by atoms with E-state index >= 15 is 0 Å². The molecule has 0 N–H and O–H groups in total. The van der Waals surface area contributed by atoms with E-state index in [1.54, 1.807) is 24.3 Å². The van der Waals surface area contributed by atoms with E-state index in [0.29, 0.717) is 17.0 Å². The Morgan fingerprint density at radius 3 is 2.44 bits per heavy atom. The van der Waals surface area contributed by atoms with Crippen LogP contribution in [-0.2, 0) is 16.2 Å². The predicted octanol–water partition coefficient (Wildman–Crippen LogP) is 4.69. The molecule has 162 valence electrons. The number of hydrogen-bond donors (Lipinski definition) is 0. The predicted molar refractivity (Wildman–Crippen MR) is 116 cm³/mol. The van der Waals surface area contributed by atoms with Crippen molar-refractivity contribution < 1.29 is 22.8 Å². The molecule has 3 aromatic carbocycles. The van der Waals surface area contributed by atoms with E-state index in [1.807, 2.05) is 0 Å². The summed E-state index contributed by atoms with van der Waals surface area (Å²) in [6.45, 7) is -0.0271. The molecule has 2 amide bonds. The quantitative estimate of drug-likeness (QED) is 0.577. The molecule has 5 rings (SSSR count). The van der Waals surface area contributed by atoms with E-state index in [9.17, 15) is 22.8 Å². The third-order valence-corrected chi connectivity index (χ3v) is 7.21. The van der Waals surface area contributed by atoms with E-state index in [2.05, 4.69) is 0 Å². The smallest absolute Gasteiger partial charge is 0.268 e. The van der Waals surface area contributed by atoms with Crippen molar-refractivity contribution in [2.45, 2.75) is 11.4 Å². The Hall–Kier alpha value is -3.26. The van der Waals surface area contributed by atoms with Gasteiger partial charge in [0, 0.05) is 29.0 Å². The van der Waals surface area contributed by atoms with Crippen LogP contribution in [0.3, 0.4) is 0 Å². The van der Waals surface area contributed by atoms with Gasteiger partial charge in [-0.2, -0.15) is 0 Å². The first-order chi connectivity index (χ1) is 15.4. The number of amides is 2. The van der Waals surface area contributed by atoms with Crippen molar-refractivity contribution in [2.75, 3.05) is 17.2 Å². The molecule has 4 nitrogen and oxygen atoms in total. The van der Waals surface area contributed by atoms with Crippen molar-refractivity contribution in [2.24, 2.45) is 0 Å². The SMILES string of the molecule is O=C(c1cccc(F)c1)N1CCSC12C(=O)N(Cc1c(F)cccc1F)c1ccccc12. The van der Waals surface area contributed by atoms with E-state index < -0.39 is 34.1 Å². The third-order valence-electron chi connectivity index (χ3n) is 5.80. The fourth-order valence-electron chi connectivity index (χ4n) is 4.34. The number of benzene rings is 3. The van der Waals surface area contributed by atoms with E-state index in [-0.39, 0.29) is 24.2 Å². The maximum absolute atomic E-state index is 14.4. The largest absolute Gasteiger partial charge is 0.311 e. The Morgan fingerprint density at radius 1 is 0.969 bits per heavy atom. The highest BCUT2D eigenvalue weighted by Crippen LogP contribution is 2.54. The number of carbonyl (C=O) groups excluding carboxylic acids is 2. The second kappa shape index (κ2) is 7.70. The van der Waals surface area contributed by atoms with Crippen molar-refractivity contribution in [1.29, 1.82) is 0 Å². The molecule has 0 aliphatic carbocycles. The molecule has 1 saturated heterocycles. The van der Waals surface area contributed by atoms with Crippen LogP contribution in [0.2, 0.25) is 0 Å². The van der Waals surface area contributed by atoms with Crippen molar-refractivity contribution in [3.63, 3.8) is 0 Å². The number of halogens is 3. The zero-order chi connectivity index (χ0) is 22.5. The second-order valence-electron chi connectivity index (χ2n) is 7.57. The highest BCUT2D eigenvalue weighted by molar-refractivity contribution is 8.01. The summed E-state index contributed by atoms with van der Waals surface area (Å²) in [6, 6.07) is 15.8. The van der Waals surface area contributed by atoms with Gasteiger partial charge in [0.1, 0.15) is 17.5 Å². The average Bonchev–Trinajstić information content (AvgIpc) is 3.32. The molecule has 1 atom stereocenters. The van der Waals surface area contributed by atoms with Crippen LogP contribution < -0.4 is 4.90 Å². The number of para-hydroxylation sites is 1. The summed E-state index contributed by atoms with van der Waals surface area (Å²) in [6.07, 6.45) is 0. The molecular formula is C24H17F3N2O2S. The molecule has 2 aliphatic rings. The van der Waals surface area contributed by atoms with E-state index in [4.69, 9.17) is 0 Å². The van der Waals surface area contributed by atoms with Gasteiger partial charge >= 0.3 is 0 Å². The van der Waals surface area contributed by atoms with Crippen LogP contribution in [0, 0.1) is 17.5 Å². The van der Waals surface area contributed by atoms with Crippen LogP contribution in [0.5, 0.6) is 0 Å². The molecule has 0 bridgehead atoms. The molecule has 0 aromatic heterocycles. The molecule has 1 unspecified atom stereocenters. The van der Waals surface area contributed by atoms with Gasteiger partial charge in [0.25, 0.3) is 11.8 Å². The number of carbonyl (C=O) groups is 2. The van der Waals surface area contributed by atoms with Gasteiger partial charge in [0.2, 0.25) is 0 Å². The van der Waals surface area contributed by atoms with E-state index in [0.717, 1.165) is 18.2 Å². The number of anilines is 1. The minimum Gasteiger partial charge on any atom is -0.311 e. The van der Waals surface area contributed by atoms with Crippen LogP contribution in [0.25, 0.3) is 0 Å². The Labute approximate surface area is 186 Å². The molecule has 2 aliphatic heterocycles. The lowest BCUT2D eigenvalue weighted by Crippen LogP contribution is -2.50. The third kappa shape index (κ3) is 3.01. The van der Waals surface area contributed by atoms with Crippen molar-refractivity contribution in [3.05, 3.63) is 101 Å². The van der Waals surface area contributed by atoms with Gasteiger partial charge in [-0.25, -0.2) is 13.2 Å². The topological polar surface area (TPSA) is 40.6 Å². The summed E-state index contributed by atoms with van der Waals surface area (Å²) in [5.74, 6) is -2.48. The average molecular weight is 454 g/mol. The number of rotatable bonds is 3. The number of hydrogen-bond acceptors (Lipinski definition) is 3. The molecular weight excluding hydrogens is 437 g/mol. The summed E-state index contributed by atoms with van der Waals surface area (Å²) < 4.78 is 42.5. The summed E-state index contributed by atoms with van der Waals surface area (Å²) in [5.41, 5.74) is 0.982. The lowest BCUT2D eigenvalue weighted by atomic mass is 10.0. The van der Waals surface area contributed by atoms with Crippen molar-refractivity contribution >= 4 is 29.3 Å². The molecule has 1 spiro atoms. The lowest BCUT2D eigenvalue weighted by molar-refractivity contribution is -0.123. The summed E-state index contributed by atoms with van der Waals surface area (Å²) in [7, 11) is 0. The molecule has 8 heteroatoms. The van der Waals surface area contributed by atoms with Gasteiger partial charge in [-0.3, -0.25) is 9.59 Å². The van der Waals surface area contributed by atoms with Gasteiger partial charge in [0.05, 0.1) is 12.2 Å². The standard InChI is InChI=1S/C24H17F3N2O2S/c25-16-6-3-5-15(13-16)22(30)29-11-12-32-24(29)18-7-1-2-10-21(18)28(23(24)31)14-17-19(26)8-4-9-20(17)27/h1-10,13H,11-12,14H2. The van der Waals surface area contributed by atoms with Crippen LogP contribution in [0.4, 0.5) is 18.9 Å². The van der Waals surface area contributed by atoms with Crippen LogP contribution in [0.15, 0.2) is 66.7 Å². The summed E-state index contributed by atoms with van der Waals surface area (Å²) in [5, 5.41) is 0. The van der Waals surface area contributed by atoms with Gasteiger partial charge in [0.15, 0.2) is 4.87 Å². The van der Waals surface area contributed by atoms with E-state index in [1.165, 1.54) is 45.8 Å².